The van der Waals surface area contributed by atoms with Crippen molar-refractivity contribution in [3.05, 3.63) is 93.3 Å². The molecule has 7 rings (SSSR count). The molecule has 3 fully saturated rings. The second-order valence-electron chi connectivity index (χ2n) is 10.9. The summed E-state index contributed by atoms with van der Waals surface area (Å²) < 4.78 is 21.1. The summed E-state index contributed by atoms with van der Waals surface area (Å²) in [6.07, 6.45) is 6.04. The van der Waals surface area contributed by atoms with Crippen molar-refractivity contribution in [1.82, 2.24) is 20.1 Å². The molecule has 2 aliphatic carbocycles. The van der Waals surface area contributed by atoms with Gasteiger partial charge in [0.15, 0.2) is 0 Å². The molecule has 1 aliphatic heterocycles. The average Bonchev–Trinajstić information content (AvgIpc) is 3.78. The maximum Gasteiger partial charge on any atom is 0.272 e. The second-order valence-corrected chi connectivity index (χ2v) is 10.9. The molecule has 0 radical (unpaired) electrons. The fourth-order valence-electron chi connectivity index (χ4n) is 5.83. The Hall–Kier alpha value is -4.78. The predicted octanol–water partition coefficient (Wildman–Crippen LogP) is 3.95. The molecule has 2 atom stereocenters. The number of benzene rings is 2. The fraction of sp³-hybridized carbons (Fsp3) is 0.323. The molecule has 1 N–H and O–H groups in total. The highest BCUT2D eigenvalue weighted by molar-refractivity contribution is 5.95. The molecule has 4 aromatic rings. The van der Waals surface area contributed by atoms with Gasteiger partial charge in [0.25, 0.3) is 11.5 Å². The van der Waals surface area contributed by atoms with Gasteiger partial charge in [-0.3, -0.25) is 9.59 Å². The molecule has 2 aromatic heterocycles. The summed E-state index contributed by atoms with van der Waals surface area (Å²) in [5.74, 6) is 0.571. The lowest BCUT2D eigenvalue weighted by Gasteiger charge is -2.35. The Labute approximate surface area is 235 Å². The average molecular weight is 551 g/mol. The summed E-state index contributed by atoms with van der Waals surface area (Å²) in [6.45, 7) is 1.02. The van der Waals surface area contributed by atoms with Crippen LogP contribution in [0.4, 0.5) is 10.2 Å². The van der Waals surface area contributed by atoms with E-state index in [2.05, 4.69) is 26.2 Å². The van der Waals surface area contributed by atoms with Crippen molar-refractivity contribution in [2.45, 2.75) is 50.3 Å². The highest BCUT2D eigenvalue weighted by Crippen LogP contribution is 2.40. The first-order valence-corrected chi connectivity index (χ1v) is 13.9. The summed E-state index contributed by atoms with van der Waals surface area (Å²) >= 11 is 0. The fourth-order valence-corrected chi connectivity index (χ4v) is 5.83. The number of anilines is 1. The van der Waals surface area contributed by atoms with E-state index in [-0.39, 0.29) is 35.2 Å². The number of carbonyl (C=O) groups excluding carboxylic acids is 1. The first-order valence-electron chi connectivity index (χ1n) is 13.9. The van der Waals surface area contributed by atoms with Gasteiger partial charge in [-0.2, -0.15) is 10.4 Å². The number of amides is 1. The van der Waals surface area contributed by atoms with Crippen LogP contribution in [0.15, 0.2) is 59.5 Å². The summed E-state index contributed by atoms with van der Waals surface area (Å²) in [7, 11) is 0. The smallest absolute Gasteiger partial charge is 0.272 e. The first-order chi connectivity index (χ1) is 20.0. The molecule has 3 heterocycles. The number of rotatable bonds is 6. The Bertz CT molecular complexity index is 1760. The minimum absolute atomic E-state index is 0.0179. The number of hydrogen-bond acceptors (Lipinski definition) is 7. The molecule has 206 valence electrons. The highest BCUT2D eigenvalue weighted by atomic mass is 19.1. The van der Waals surface area contributed by atoms with Crippen molar-refractivity contribution in [1.29, 1.82) is 5.26 Å². The molecule has 3 aliphatic rings. The number of carbonyl (C=O) groups is 1. The lowest BCUT2D eigenvalue weighted by atomic mass is 9.96. The van der Waals surface area contributed by atoms with Crippen LogP contribution in [0.3, 0.4) is 0 Å². The molecule has 0 spiro atoms. The van der Waals surface area contributed by atoms with Crippen molar-refractivity contribution in [3.8, 4) is 11.8 Å². The van der Waals surface area contributed by atoms with Crippen LogP contribution in [0.5, 0.6) is 5.75 Å². The van der Waals surface area contributed by atoms with Crippen molar-refractivity contribution >= 4 is 22.5 Å². The molecule has 41 heavy (non-hydrogen) atoms. The lowest BCUT2D eigenvalue weighted by Crippen LogP contribution is -2.49. The van der Waals surface area contributed by atoms with E-state index < -0.39 is 5.82 Å². The van der Waals surface area contributed by atoms with E-state index in [0.717, 1.165) is 31.5 Å². The zero-order valence-electron chi connectivity index (χ0n) is 22.2. The van der Waals surface area contributed by atoms with Crippen LogP contribution in [-0.2, 0) is 6.42 Å². The number of piperazine rings is 1. The number of aromatic amines is 1. The van der Waals surface area contributed by atoms with Gasteiger partial charge >= 0.3 is 0 Å². The van der Waals surface area contributed by atoms with Crippen molar-refractivity contribution in [2.24, 2.45) is 0 Å². The van der Waals surface area contributed by atoms with E-state index in [4.69, 9.17) is 10.00 Å². The number of nitriles is 1. The topological polar surface area (TPSA) is 115 Å². The molecule has 1 amide bonds. The van der Waals surface area contributed by atoms with Crippen molar-refractivity contribution in [2.75, 3.05) is 18.0 Å². The molecule has 2 aromatic carbocycles. The van der Waals surface area contributed by atoms with Crippen molar-refractivity contribution < 1.29 is 13.9 Å². The number of aromatic nitrogens is 3. The zero-order chi connectivity index (χ0) is 28.1. The molecule has 0 bridgehead atoms. The monoisotopic (exact) mass is 550 g/mol. The number of H-pyrrole nitrogens is 1. The molecular formula is C31H27FN6O3. The van der Waals surface area contributed by atoms with E-state index in [1.54, 1.807) is 41.4 Å². The number of hydrogen-bond donors (Lipinski definition) is 1. The third-order valence-corrected chi connectivity index (χ3v) is 8.37. The van der Waals surface area contributed by atoms with Gasteiger partial charge in [-0.05, 0) is 73.7 Å². The van der Waals surface area contributed by atoms with E-state index >= 15 is 4.39 Å². The molecule has 0 unspecified atom stereocenters. The van der Waals surface area contributed by atoms with Crippen LogP contribution in [0, 0.1) is 17.1 Å². The summed E-state index contributed by atoms with van der Waals surface area (Å²) in [5.41, 5.74) is 1.57. The maximum absolute atomic E-state index is 15.0. The van der Waals surface area contributed by atoms with E-state index in [0.29, 0.717) is 52.9 Å². The van der Waals surface area contributed by atoms with Crippen LogP contribution in [0.2, 0.25) is 0 Å². The predicted molar refractivity (Wildman–Crippen MR) is 149 cm³/mol. The number of ether oxygens (including phenoxy) is 1. The largest absolute Gasteiger partial charge is 0.490 e. The van der Waals surface area contributed by atoms with Gasteiger partial charge in [0.05, 0.1) is 40.4 Å². The first kappa shape index (κ1) is 25.2. The Morgan fingerprint density at radius 2 is 1.98 bits per heavy atom. The highest BCUT2D eigenvalue weighted by Gasteiger charge is 2.51. The van der Waals surface area contributed by atoms with Crippen LogP contribution in [-0.4, -0.2) is 57.3 Å². The Morgan fingerprint density at radius 1 is 1.10 bits per heavy atom. The number of halogens is 1. The van der Waals surface area contributed by atoms with Gasteiger partial charge in [0.1, 0.15) is 23.5 Å². The normalized spacial score (nSPS) is 19.8. The van der Waals surface area contributed by atoms with Gasteiger partial charge < -0.3 is 14.5 Å². The zero-order valence-corrected chi connectivity index (χ0v) is 22.2. The van der Waals surface area contributed by atoms with Gasteiger partial charge in [-0.15, -0.1) is 0 Å². The maximum atomic E-state index is 15.0. The minimum Gasteiger partial charge on any atom is -0.490 e. The van der Waals surface area contributed by atoms with Crippen molar-refractivity contribution in [3.63, 3.8) is 0 Å². The van der Waals surface area contributed by atoms with E-state index in [9.17, 15) is 9.59 Å². The molecule has 10 heteroatoms. The van der Waals surface area contributed by atoms with Gasteiger partial charge in [0.2, 0.25) is 0 Å². The third kappa shape index (κ3) is 4.67. The van der Waals surface area contributed by atoms with E-state index in [1.165, 1.54) is 6.07 Å². The van der Waals surface area contributed by atoms with Gasteiger partial charge in [-0.25, -0.2) is 14.5 Å². The number of nitrogens with zero attached hydrogens (tertiary/aromatic N) is 5. The Morgan fingerprint density at radius 3 is 2.73 bits per heavy atom. The molecule has 2 saturated carbocycles. The molecular weight excluding hydrogens is 523 g/mol. The molecule has 1 saturated heterocycles. The number of nitrogens with one attached hydrogen (secondary N) is 1. The summed E-state index contributed by atoms with van der Waals surface area (Å²) in [4.78, 5) is 34.3. The van der Waals surface area contributed by atoms with E-state index in [1.807, 2.05) is 12.1 Å². The Kier molecular flexibility index (Phi) is 6.15. The van der Waals surface area contributed by atoms with Crippen LogP contribution in [0.25, 0.3) is 10.8 Å². The SMILES string of the molecule is N#Cc1ccc(N2CCN(C(=O)c3cc(Cc4n[nH]c(=O)c5ccc(OC6CCC6)cc45)ccc3F)[C@@H]3C[C@@H]32)nc1. The standard InChI is InChI=1S/C31H27FN6O3/c32-25-8-4-18(13-26-23-14-21(41-20-2-1-3-20)6-7-22(23)30(39)36-35-26)12-24(25)31(40)38-11-10-37(27-15-28(27)38)29-9-5-19(16-33)17-34-29/h4-9,12,14,17,20,27-28H,1-3,10-11,13,15H2,(H,36,39)/t27-,28+/m0/s1. The van der Waals surface area contributed by atoms with Gasteiger partial charge in [0, 0.05) is 31.1 Å². The summed E-state index contributed by atoms with van der Waals surface area (Å²) in [5, 5.41) is 17.1. The number of pyridine rings is 1. The van der Waals surface area contributed by atoms with Gasteiger partial charge in [-0.1, -0.05) is 6.07 Å². The van der Waals surface area contributed by atoms with Crippen LogP contribution < -0.4 is 15.2 Å². The second kappa shape index (κ2) is 10.0. The number of fused-ring (bicyclic) bond motifs is 2. The third-order valence-electron chi connectivity index (χ3n) is 8.37. The van der Waals surface area contributed by atoms with Crippen LogP contribution in [0.1, 0.15) is 52.9 Å². The lowest BCUT2D eigenvalue weighted by molar-refractivity contribution is 0.0724. The quantitative estimate of drug-likeness (QED) is 0.387. The van der Waals surface area contributed by atoms with Crippen LogP contribution >= 0.6 is 0 Å². The summed E-state index contributed by atoms with van der Waals surface area (Å²) in [6, 6.07) is 15.7. The molecule has 9 nitrogen and oxygen atoms in total. The minimum atomic E-state index is -0.567. The Balaban J connectivity index is 1.11.